The topological polar surface area (TPSA) is 60.9 Å². The van der Waals surface area contributed by atoms with E-state index in [0.29, 0.717) is 12.6 Å². The van der Waals surface area contributed by atoms with Gasteiger partial charge in [0.25, 0.3) is 0 Å². The van der Waals surface area contributed by atoms with Gasteiger partial charge in [0.2, 0.25) is 5.91 Å². The number of piperidine rings is 1. The minimum Gasteiger partial charge on any atom is -0.481 e. The van der Waals surface area contributed by atoms with Crippen LogP contribution < -0.4 is 0 Å². The normalized spacial score (nSPS) is 21.8. The zero-order valence-corrected chi connectivity index (χ0v) is 11.0. The lowest BCUT2D eigenvalue weighted by molar-refractivity contribution is -0.139. The van der Waals surface area contributed by atoms with E-state index in [9.17, 15) is 9.59 Å². The fraction of sp³-hybridized carbons (Fsp3) is 0.846. The Kier molecular flexibility index (Phi) is 4.22. The van der Waals surface area contributed by atoms with E-state index in [-0.39, 0.29) is 18.2 Å². The first-order chi connectivity index (χ1) is 8.56. The Morgan fingerprint density at radius 1 is 1.22 bits per heavy atom. The van der Waals surface area contributed by atoms with Crippen molar-refractivity contribution in [3.63, 3.8) is 0 Å². The van der Waals surface area contributed by atoms with Crippen LogP contribution in [0.25, 0.3) is 0 Å². The molecule has 1 saturated carbocycles. The Hall–Kier alpha value is -1.10. The van der Waals surface area contributed by atoms with Crippen molar-refractivity contribution in [2.45, 2.75) is 38.1 Å². The molecule has 5 nitrogen and oxygen atoms in total. The zero-order valence-electron chi connectivity index (χ0n) is 11.0. The van der Waals surface area contributed by atoms with Crippen LogP contribution in [0.1, 0.15) is 32.1 Å². The van der Waals surface area contributed by atoms with Gasteiger partial charge in [0.05, 0.1) is 6.54 Å². The minimum atomic E-state index is -0.710. The summed E-state index contributed by atoms with van der Waals surface area (Å²) in [5, 5.41) is 8.74. The maximum Gasteiger partial charge on any atom is 0.303 e. The summed E-state index contributed by atoms with van der Waals surface area (Å²) in [6.45, 7) is 2.19. The highest BCUT2D eigenvalue weighted by Gasteiger charge is 2.31. The number of carboxylic acids is 1. The molecule has 0 aromatic rings. The number of aliphatic carboxylic acids is 1. The smallest absolute Gasteiger partial charge is 0.303 e. The monoisotopic (exact) mass is 254 g/mol. The predicted octanol–water partition coefficient (Wildman–Crippen LogP) is 0.794. The van der Waals surface area contributed by atoms with Crippen molar-refractivity contribution >= 4 is 11.9 Å². The van der Waals surface area contributed by atoms with Gasteiger partial charge in [-0.05, 0) is 44.7 Å². The Morgan fingerprint density at radius 2 is 1.83 bits per heavy atom. The van der Waals surface area contributed by atoms with Crippen molar-refractivity contribution in [1.29, 1.82) is 0 Å². The highest BCUT2D eigenvalue weighted by molar-refractivity contribution is 5.78. The van der Waals surface area contributed by atoms with E-state index in [4.69, 9.17) is 5.11 Å². The number of rotatable bonds is 5. The van der Waals surface area contributed by atoms with Crippen molar-refractivity contribution in [1.82, 2.24) is 9.80 Å². The lowest BCUT2D eigenvalue weighted by Gasteiger charge is -2.31. The molecule has 0 bridgehead atoms. The third kappa shape index (κ3) is 3.70. The summed E-state index contributed by atoms with van der Waals surface area (Å²) >= 11 is 0. The molecule has 0 aromatic heterocycles. The van der Waals surface area contributed by atoms with Gasteiger partial charge in [-0.3, -0.25) is 14.5 Å². The molecule has 1 aliphatic heterocycles. The van der Waals surface area contributed by atoms with Gasteiger partial charge in [0.1, 0.15) is 0 Å². The second kappa shape index (κ2) is 5.69. The first kappa shape index (κ1) is 13.3. The van der Waals surface area contributed by atoms with E-state index in [1.54, 1.807) is 0 Å². The number of hydrogen-bond acceptors (Lipinski definition) is 3. The SMILES string of the molecule is CN(C(=O)CN1CCC(CC(=O)O)CC1)C1CC1. The third-order valence-electron chi connectivity index (χ3n) is 4.02. The predicted molar refractivity (Wildman–Crippen MR) is 67.2 cm³/mol. The zero-order chi connectivity index (χ0) is 13.1. The van der Waals surface area contributed by atoms with Crippen molar-refractivity contribution in [2.24, 2.45) is 5.92 Å². The molecule has 1 heterocycles. The molecule has 0 aromatic carbocycles. The number of nitrogens with zero attached hydrogens (tertiary/aromatic N) is 2. The van der Waals surface area contributed by atoms with Crippen LogP contribution in [0.2, 0.25) is 0 Å². The third-order valence-corrected chi connectivity index (χ3v) is 4.02. The van der Waals surface area contributed by atoms with Crippen molar-refractivity contribution < 1.29 is 14.7 Å². The number of likely N-dealkylation sites (N-methyl/N-ethyl adjacent to an activating group) is 1. The maximum absolute atomic E-state index is 11.9. The van der Waals surface area contributed by atoms with Crippen LogP contribution in [-0.4, -0.2) is 59.5 Å². The van der Waals surface area contributed by atoms with Crippen LogP contribution in [0, 0.1) is 5.92 Å². The average Bonchev–Trinajstić information content (AvgIpc) is 3.14. The molecule has 2 rings (SSSR count). The first-order valence-corrected chi connectivity index (χ1v) is 6.76. The van der Waals surface area contributed by atoms with E-state index in [1.807, 2.05) is 11.9 Å². The quantitative estimate of drug-likeness (QED) is 0.788. The molecule has 1 saturated heterocycles. The molecule has 102 valence electrons. The molecular formula is C13H22N2O3. The van der Waals surface area contributed by atoms with Gasteiger partial charge in [0, 0.05) is 19.5 Å². The van der Waals surface area contributed by atoms with E-state index < -0.39 is 5.97 Å². The highest BCUT2D eigenvalue weighted by atomic mass is 16.4. The molecule has 0 radical (unpaired) electrons. The van der Waals surface area contributed by atoms with E-state index in [0.717, 1.165) is 38.8 Å². The molecule has 2 fully saturated rings. The van der Waals surface area contributed by atoms with Gasteiger partial charge in [0.15, 0.2) is 0 Å². The fourth-order valence-corrected chi connectivity index (χ4v) is 2.56. The van der Waals surface area contributed by atoms with Crippen molar-refractivity contribution in [2.75, 3.05) is 26.7 Å². The summed E-state index contributed by atoms with van der Waals surface area (Å²) < 4.78 is 0. The van der Waals surface area contributed by atoms with Crippen LogP contribution >= 0.6 is 0 Å². The van der Waals surface area contributed by atoms with E-state index in [2.05, 4.69) is 4.90 Å². The summed E-state index contributed by atoms with van der Waals surface area (Å²) in [6.07, 6.45) is 4.34. The van der Waals surface area contributed by atoms with Gasteiger partial charge in [-0.2, -0.15) is 0 Å². The lowest BCUT2D eigenvalue weighted by Crippen LogP contribution is -2.43. The molecule has 0 spiro atoms. The second-order valence-corrected chi connectivity index (χ2v) is 5.55. The number of likely N-dealkylation sites (tertiary alicyclic amines) is 1. The number of carbonyl (C=O) groups excluding carboxylic acids is 1. The number of carboxylic acid groups (broad SMARTS) is 1. The molecule has 1 aliphatic carbocycles. The molecule has 1 amide bonds. The summed E-state index contributed by atoms with van der Waals surface area (Å²) in [4.78, 5) is 26.6. The van der Waals surface area contributed by atoms with Gasteiger partial charge in [-0.1, -0.05) is 0 Å². The minimum absolute atomic E-state index is 0.203. The van der Waals surface area contributed by atoms with Crippen LogP contribution in [0.4, 0.5) is 0 Å². The fourth-order valence-electron chi connectivity index (χ4n) is 2.56. The number of carbonyl (C=O) groups is 2. The van der Waals surface area contributed by atoms with Gasteiger partial charge >= 0.3 is 5.97 Å². The molecule has 1 N–H and O–H groups in total. The standard InChI is InChI=1S/C13H22N2O3/c1-14(11-2-3-11)12(16)9-15-6-4-10(5-7-15)8-13(17)18/h10-11H,2-9H2,1H3,(H,17,18). The largest absolute Gasteiger partial charge is 0.481 e. The molecule has 2 aliphatic rings. The summed E-state index contributed by atoms with van der Waals surface area (Å²) in [6, 6.07) is 0.474. The second-order valence-electron chi connectivity index (χ2n) is 5.55. The Labute approximate surface area is 108 Å². The van der Waals surface area contributed by atoms with Gasteiger partial charge in [-0.25, -0.2) is 0 Å². The van der Waals surface area contributed by atoms with Crippen LogP contribution in [0.3, 0.4) is 0 Å². The number of amides is 1. The van der Waals surface area contributed by atoms with Crippen LogP contribution in [0.15, 0.2) is 0 Å². The van der Waals surface area contributed by atoms with Gasteiger partial charge < -0.3 is 10.0 Å². The molecule has 18 heavy (non-hydrogen) atoms. The van der Waals surface area contributed by atoms with E-state index >= 15 is 0 Å². The molecule has 5 heteroatoms. The molecule has 0 unspecified atom stereocenters. The van der Waals surface area contributed by atoms with Crippen LogP contribution in [0.5, 0.6) is 0 Å². The van der Waals surface area contributed by atoms with Crippen molar-refractivity contribution in [3.05, 3.63) is 0 Å². The van der Waals surface area contributed by atoms with Crippen molar-refractivity contribution in [3.8, 4) is 0 Å². The van der Waals surface area contributed by atoms with E-state index in [1.165, 1.54) is 0 Å². The molecular weight excluding hydrogens is 232 g/mol. The maximum atomic E-state index is 11.9. The summed E-state index contributed by atoms with van der Waals surface area (Å²) in [5.74, 6) is -0.220. The molecule has 0 atom stereocenters. The van der Waals surface area contributed by atoms with Gasteiger partial charge in [-0.15, -0.1) is 0 Å². The lowest BCUT2D eigenvalue weighted by atomic mass is 9.94. The Balaban J connectivity index is 1.69. The Morgan fingerprint density at radius 3 is 2.33 bits per heavy atom. The average molecular weight is 254 g/mol. The summed E-state index contributed by atoms with van der Waals surface area (Å²) in [5.41, 5.74) is 0. The Bertz CT molecular complexity index is 320. The number of hydrogen-bond donors (Lipinski definition) is 1. The first-order valence-electron chi connectivity index (χ1n) is 6.76. The summed E-state index contributed by atoms with van der Waals surface area (Å²) in [7, 11) is 1.89. The van der Waals surface area contributed by atoms with Crippen LogP contribution in [-0.2, 0) is 9.59 Å². The highest BCUT2D eigenvalue weighted by Crippen LogP contribution is 2.26.